The molecular formula is C23H20BrN2OPS. The van der Waals surface area contributed by atoms with E-state index in [1.807, 2.05) is 103 Å². The summed E-state index contributed by atoms with van der Waals surface area (Å²) in [6.45, 7) is 2.03. The lowest BCUT2D eigenvalue weighted by Crippen LogP contribution is -2.21. The van der Waals surface area contributed by atoms with Gasteiger partial charge in [-0.05, 0) is 30.0 Å². The minimum atomic E-state index is -2.89. The second kappa shape index (κ2) is 8.74. The van der Waals surface area contributed by atoms with Crippen LogP contribution in [0.1, 0.15) is 18.1 Å². The third kappa shape index (κ3) is 4.28. The number of hydrogen-bond acceptors (Lipinski definition) is 4. The molecule has 0 spiro atoms. The lowest BCUT2D eigenvalue weighted by Gasteiger charge is -2.31. The van der Waals surface area contributed by atoms with Crippen LogP contribution >= 0.6 is 33.7 Å². The molecule has 1 atom stereocenters. The molecule has 3 nitrogen and oxygen atoms in total. The minimum absolute atomic E-state index is 0.625. The Kier molecular flexibility index (Phi) is 6.09. The predicted octanol–water partition coefficient (Wildman–Crippen LogP) is 7.66. The molecule has 0 aromatic heterocycles. The molecule has 1 heterocycles. The Morgan fingerprint density at radius 3 is 2.14 bits per heavy atom. The van der Waals surface area contributed by atoms with E-state index in [9.17, 15) is 4.57 Å². The van der Waals surface area contributed by atoms with Crippen LogP contribution < -0.4 is 5.01 Å². The highest BCUT2D eigenvalue weighted by Crippen LogP contribution is 2.65. The zero-order valence-corrected chi connectivity index (χ0v) is 19.2. The Balaban J connectivity index is 1.92. The van der Waals surface area contributed by atoms with E-state index in [4.69, 9.17) is 5.10 Å². The fourth-order valence-corrected chi connectivity index (χ4v) is 7.92. The van der Waals surface area contributed by atoms with E-state index in [0.29, 0.717) is 5.45 Å². The van der Waals surface area contributed by atoms with Crippen LogP contribution in [0.25, 0.3) is 5.70 Å². The van der Waals surface area contributed by atoms with Gasteiger partial charge in [0.2, 0.25) is 6.34 Å². The molecule has 146 valence electrons. The maximum Gasteiger partial charge on any atom is 0.210 e. The summed E-state index contributed by atoms with van der Waals surface area (Å²) in [5.74, 6) is 2.67. The van der Waals surface area contributed by atoms with Crippen molar-refractivity contribution in [3.63, 3.8) is 0 Å². The maximum atomic E-state index is 14.1. The molecule has 0 N–H and O–H groups in total. The molecule has 0 saturated heterocycles. The van der Waals surface area contributed by atoms with Gasteiger partial charge in [-0.3, -0.25) is 0 Å². The molecule has 4 rings (SSSR count). The molecule has 1 aliphatic rings. The van der Waals surface area contributed by atoms with Gasteiger partial charge in [0.15, 0.2) is 0 Å². The van der Waals surface area contributed by atoms with Crippen molar-refractivity contribution in [2.45, 2.75) is 6.92 Å². The smallest absolute Gasteiger partial charge is 0.210 e. The summed E-state index contributed by atoms with van der Waals surface area (Å²) in [6.07, 6.45) is -2.89. The van der Waals surface area contributed by atoms with Gasteiger partial charge in [-0.25, -0.2) is 5.01 Å². The quantitative estimate of drug-likeness (QED) is 0.349. The first kappa shape index (κ1) is 20.2. The van der Waals surface area contributed by atoms with Crippen molar-refractivity contribution in [3.05, 3.63) is 106 Å². The van der Waals surface area contributed by atoms with Crippen molar-refractivity contribution in [3.8, 4) is 0 Å². The summed E-state index contributed by atoms with van der Waals surface area (Å²) in [5, 5.41) is 6.87. The van der Waals surface area contributed by atoms with Crippen LogP contribution in [0.3, 0.4) is 0 Å². The topological polar surface area (TPSA) is 32.7 Å². The van der Waals surface area contributed by atoms with Crippen LogP contribution in [0.15, 0.2) is 100 Å². The number of halogens is 1. The molecular weight excluding hydrogens is 463 g/mol. The van der Waals surface area contributed by atoms with Crippen LogP contribution in [0, 0.1) is 0 Å². The summed E-state index contributed by atoms with van der Waals surface area (Å²) in [4.78, 5) is 0. The van der Waals surface area contributed by atoms with Crippen LogP contribution in [0.5, 0.6) is 0 Å². The Bertz CT molecular complexity index is 1100. The number of rotatable bonds is 5. The summed E-state index contributed by atoms with van der Waals surface area (Å²) in [5.41, 5.74) is 4.28. The van der Waals surface area contributed by atoms with Crippen LogP contribution in [0.4, 0.5) is 5.69 Å². The second-order valence-corrected chi connectivity index (χ2v) is 12.5. The molecule has 0 bridgehead atoms. The van der Waals surface area contributed by atoms with E-state index >= 15 is 0 Å². The number of benzene rings is 3. The summed E-state index contributed by atoms with van der Waals surface area (Å²) >= 11 is 4.95. The Morgan fingerprint density at radius 1 is 0.897 bits per heavy atom. The van der Waals surface area contributed by atoms with Gasteiger partial charge >= 0.3 is 0 Å². The average Bonchev–Trinajstić information content (AvgIpc) is 2.76. The first-order valence-corrected chi connectivity index (χ1v) is 13.5. The molecule has 0 saturated carbocycles. The Labute approximate surface area is 183 Å². The van der Waals surface area contributed by atoms with Gasteiger partial charge in [-0.15, -0.1) is 0 Å². The molecule has 3 aromatic rings. The fraction of sp³-hybridized carbons (Fsp3) is 0.0870. The first-order chi connectivity index (χ1) is 14.1. The van der Waals surface area contributed by atoms with E-state index < -0.39 is 6.34 Å². The third-order valence-electron chi connectivity index (χ3n) is 4.50. The van der Waals surface area contributed by atoms with Crippen molar-refractivity contribution in [2.24, 2.45) is 5.10 Å². The summed E-state index contributed by atoms with van der Waals surface area (Å²) in [7, 11) is 0. The monoisotopic (exact) mass is 482 g/mol. The van der Waals surface area contributed by atoms with Crippen molar-refractivity contribution in [1.29, 1.82) is 0 Å². The van der Waals surface area contributed by atoms with Crippen LogP contribution in [-0.4, -0.2) is 11.2 Å². The zero-order valence-electron chi connectivity index (χ0n) is 15.9. The Morgan fingerprint density at radius 2 is 1.52 bits per heavy atom. The molecule has 0 radical (unpaired) electrons. The van der Waals surface area contributed by atoms with E-state index in [-0.39, 0.29) is 0 Å². The highest BCUT2D eigenvalue weighted by atomic mass is 79.9. The van der Waals surface area contributed by atoms with Crippen molar-refractivity contribution in [2.75, 3.05) is 10.8 Å². The molecule has 6 heteroatoms. The number of anilines is 1. The van der Waals surface area contributed by atoms with Gasteiger partial charge in [0, 0.05) is 21.4 Å². The number of nitrogens with zero attached hydrogens (tertiary/aromatic N) is 2. The lowest BCUT2D eigenvalue weighted by molar-refractivity contribution is 0.596. The summed E-state index contributed by atoms with van der Waals surface area (Å²) in [6, 6.07) is 27.9. The SMILES string of the molecule is CCSP1(=O)C=C(c2ccccc2)N(c2ccccc2)N=C1c1ccc(Br)cc1. The average molecular weight is 483 g/mol. The van der Waals surface area contributed by atoms with Crippen molar-refractivity contribution in [1.82, 2.24) is 0 Å². The largest absolute Gasteiger partial charge is 0.301 e. The van der Waals surface area contributed by atoms with Crippen LogP contribution in [0.2, 0.25) is 0 Å². The van der Waals surface area contributed by atoms with Crippen molar-refractivity contribution < 1.29 is 4.57 Å². The molecule has 0 fully saturated rings. The number of para-hydroxylation sites is 1. The molecule has 0 amide bonds. The second-order valence-electron chi connectivity index (χ2n) is 6.47. The van der Waals surface area contributed by atoms with Crippen molar-refractivity contribution >= 4 is 50.5 Å². The highest BCUT2D eigenvalue weighted by Gasteiger charge is 2.35. The van der Waals surface area contributed by atoms with E-state index in [1.165, 1.54) is 11.4 Å². The van der Waals surface area contributed by atoms with Gasteiger partial charge < -0.3 is 4.57 Å². The minimum Gasteiger partial charge on any atom is -0.301 e. The van der Waals surface area contributed by atoms with E-state index in [0.717, 1.165) is 32.7 Å². The third-order valence-corrected chi connectivity index (χ3v) is 9.96. The van der Waals surface area contributed by atoms with Gasteiger partial charge in [0.05, 0.1) is 11.4 Å². The van der Waals surface area contributed by atoms with Crippen LogP contribution in [-0.2, 0) is 4.57 Å². The van der Waals surface area contributed by atoms with Gasteiger partial charge in [-0.2, -0.15) is 5.10 Å². The fourth-order valence-electron chi connectivity index (χ4n) is 3.19. The number of hydrazone groups is 1. The lowest BCUT2D eigenvalue weighted by atomic mass is 10.1. The first-order valence-electron chi connectivity index (χ1n) is 9.33. The molecule has 29 heavy (non-hydrogen) atoms. The molecule has 1 unspecified atom stereocenters. The van der Waals surface area contributed by atoms with E-state index in [2.05, 4.69) is 15.9 Å². The summed E-state index contributed by atoms with van der Waals surface area (Å²) < 4.78 is 15.1. The normalized spacial score (nSPS) is 18.9. The standard InChI is InChI=1S/C23H20BrN2OPS/c1-2-29-28(27)17-22(18-9-5-3-6-10-18)26(21-11-7-4-8-12-21)25-23(28)19-13-15-20(24)16-14-19/h3-17H,2H2,1H3. The number of hydrogen-bond donors (Lipinski definition) is 0. The Hall–Kier alpha value is -2.07. The van der Waals surface area contributed by atoms with E-state index in [1.54, 1.807) is 0 Å². The predicted molar refractivity (Wildman–Crippen MR) is 130 cm³/mol. The molecule has 1 aliphatic heterocycles. The zero-order chi connectivity index (χ0) is 20.3. The van der Waals surface area contributed by atoms with Gasteiger partial charge in [0.1, 0.15) is 5.45 Å². The molecule has 3 aromatic carbocycles. The maximum absolute atomic E-state index is 14.1. The highest BCUT2D eigenvalue weighted by molar-refractivity contribution is 9.10. The molecule has 0 aliphatic carbocycles. The van der Waals surface area contributed by atoms with Gasteiger partial charge in [-0.1, -0.05) is 94.9 Å². The van der Waals surface area contributed by atoms with Gasteiger partial charge in [0.25, 0.3) is 0 Å².